The van der Waals surface area contributed by atoms with Crippen molar-refractivity contribution in [3.05, 3.63) is 51.5 Å². The summed E-state index contributed by atoms with van der Waals surface area (Å²) in [5, 5.41) is 20.0. The van der Waals surface area contributed by atoms with Crippen molar-refractivity contribution in [1.29, 1.82) is 0 Å². The summed E-state index contributed by atoms with van der Waals surface area (Å²) in [6, 6.07) is 9.79. The maximum Gasteiger partial charge on any atom is 0.302 e. The predicted molar refractivity (Wildman–Crippen MR) is 110 cm³/mol. The maximum absolute atomic E-state index is 12.1. The lowest BCUT2D eigenvalue weighted by atomic mass is 10.2. The molecule has 0 atom stereocenters. The molecule has 0 saturated heterocycles. The molecule has 1 aromatic heterocycles. The second kappa shape index (κ2) is 8.39. The van der Waals surface area contributed by atoms with E-state index in [1.54, 1.807) is 34.9 Å². The number of aromatic hydroxyl groups is 1. The molecule has 3 rings (SSSR count). The molecule has 0 aliphatic rings. The molecule has 3 aromatic rings. The molecule has 1 amide bonds. The number of ether oxygens (including phenoxy) is 1. The Morgan fingerprint density at radius 3 is 2.50 bits per heavy atom. The van der Waals surface area contributed by atoms with E-state index in [1.807, 2.05) is 13.8 Å². The van der Waals surface area contributed by atoms with Gasteiger partial charge in [0.05, 0.1) is 10.5 Å². The maximum atomic E-state index is 12.1. The lowest BCUT2D eigenvalue weighted by Gasteiger charge is -2.10. The number of halogens is 3. The van der Waals surface area contributed by atoms with Crippen molar-refractivity contribution in [2.24, 2.45) is 10.2 Å². The SMILES string of the molecule is CC(C)n1c(O)c(N=NC(=O)COc2ccc(Cl)cc2Cl)c2cc(Cl)ccc21. The molecule has 0 fully saturated rings. The lowest BCUT2D eigenvalue weighted by Crippen LogP contribution is -2.08. The minimum Gasteiger partial charge on any atom is -0.493 e. The number of nitrogens with zero attached hydrogens (tertiary/aromatic N) is 3. The van der Waals surface area contributed by atoms with Crippen LogP contribution in [-0.4, -0.2) is 22.2 Å². The summed E-state index contributed by atoms with van der Waals surface area (Å²) < 4.78 is 7.03. The Hall–Kier alpha value is -2.28. The van der Waals surface area contributed by atoms with Gasteiger partial charge < -0.3 is 14.4 Å². The van der Waals surface area contributed by atoms with Crippen LogP contribution in [0.3, 0.4) is 0 Å². The Morgan fingerprint density at radius 2 is 1.82 bits per heavy atom. The highest BCUT2D eigenvalue weighted by atomic mass is 35.5. The fourth-order valence-electron chi connectivity index (χ4n) is 2.74. The van der Waals surface area contributed by atoms with Crippen LogP contribution < -0.4 is 4.74 Å². The van der Waals surface area contributed by atoms with Gasteiger partial charge in [0.25, 0.3) is 0 Å². The van der Waals surface area contributed by atoms with Crippen molar-refractivity contribution in [3.8, 4) is 11.6 Å². The van der Waals surface area contributed by atoms with Crippen LogP contribution in [0.25, 0.3) is 10.9 Å². The fourth-order valence-corrected chi connectivity index (χ4v) is 3.38. The summed E-state index contributed by atoms with van der Waals surface area (Å²) in [6.07, 6.45) is 0. The number of hydrogen-bond donors (Lipinski definition) is 1. The number of carbonyl (C=O) groups excluding carboxylic acids is 1. The Labute approximate surface area is 176 Å². The van der Waals surface area contributed by atoms with Crippen LogP contribution in [0.1, 0.15) is 19.9 Å². The van der Waals surface area contributed by atoms with Gasteiger partial charge in [-0.25, -0.2) is 0 Å². The minimum absolute atomic E-state index is 0.0290. The first-order valence-electron chi connectivity index (χ1n) is 8.32. The zero-order chi connectivity index (χ0) is 20.4. The van der Waals surface area contributed by atoms with E-state index in [4.69, 9.17) is 39.5 Å². The number of hydrogen-bond acceptors (Lipinski definition) is 4. The Morgan fingerprint density at radius 1 is 1.14 bits per heavy atom. The molecule has 0 saturated carbocycles. The number of rotatable bonds is 5. The monoisotopic (exact) mass is 439 g/mol. The molecule has 0 unspecified atom stereocenters. The van der Waals surface area contributed by atoms with Crippen LogP contribution in [0.2, 0.25) is 15.1 Å². The van der Waals surface area contributed by atoms with Gasteiger partial charge in [0.15, 0.2) is 12.3 Å². The molecule has 2 aromatic carbocycles. The first-order valence-corrected chi connectivity index (χ1v) is 9.46. The first kappa shape index (κ1) is 20.5. The largest absolute Gasteiger partial charge is 0.493 e. The number of aromatic nitrogens is 1. The van der Waals surface area contributed by atoms with Gasteiger partial charge in [-0.3, -0.25) is 4.79 Å². The molecule has 0 aliphatic heterocycles. The molecule has 0 aliphatic carbocycles. The van der Waals surface area contributed by atoms with Crippen molar-refractivity contribution in [2.45, 2.75) is 19.9 Å². The molecular formula is C19H16Cl3N3O3. The molecule has 0 bridgehead atoms. The zero-order valence-electron chi connectivity index (χ0n) is 15.0. The molecule has 9 heteroatoms. The van der Waals surface area contributed by atoms with Gasteiger partial charge in [-0.05, 0) is 50.2 Å². The first-order chi connectivity index (χ1) is 13.3. The van der Waals surface area contributed by atoms with E-state index < -0.39 is 5.91 Å². The van der Waals surface area contributed by atoms with Gasteiger partial charge in [-0.1, -0.05) is 34.8 Å². The number of amides is 1. The molecule has 6 nitrogen and oxygen atoms in total. The van der Waals surface area contributed by atoms with Crippen molar-refractivity contribution < 1.29 is 14.6 Å². The quantitative estimate of drug-likeness (QED) is 0.455. The van der Waals surface area contributed by atoms with Crippen LogP contribution in [0.15, 0.2) is 46.6 Å². The standard InChI is InChI=1S/C19H16Cl3N3O3/c1-10(2)25-15-5-3-11(20)7-13(15)18(19(25)27)24-23-17(26)9-28-16-6-4-12(21)8-14(16)22/h3-8,10,27H,9H2,1-2H3. The Balaban J connectivity index is 1.83. The smallest absolute Gasteiger partial charge is 0.302 e. The van der Waals surface area contributed by atoms with E-state index in [9.17, 15) is 9.90 Å². The van der Waals surface area contributed by atoms with E-state index in [1.165, 1.54) is 6.07 Å². The van der Waals surface area contributed by atoms with E-state index >= 15 is 0 Å². The molecule has 0 spiro atoms. The van der Waals surface area contributed by atoms with Crippen LogP contribution in [0.5, 0.6) is 11.6 Å². The average Bonchev–Trinajstić information content (AvgIpc) is 2.90. The highest BCUT2D eigenvalue weighted by molar-refractivity contribution is 6.35. The number of fused-ring (bicyclic) bond motifs is 1. The van der Waals surface area contributed by atoms with Gasteiger partial charge in [0.2, 0.25) is 5.88 Å². The van der Waals surface area contributed by atoms with E-state index in [-0.39, 0.29) is 29.2 Å². The van der Waals surface area contributed by atoms with E-state index in [2.05, 4.69) is 10.2 Å². The molecule has 28 heavy (non-hydrogen) atoms. The van der Waals surface area contributed by atoms with Gasteiger partial charge in [0.1, 0.15) is 5.75 Å². The Kier molecular flexibility index (Phi) is 6.13. The van der Waals surface area contributed by atoms with Crippen LogP contribution in [-0.2, 0) is 4.79 Å². The lowest BCUT2D eigenvalue weighted by molar-refractivity contribution is -0.120. The van der Waals surface area contributed by atoms with E-state index in [0.29, 0.717) is 21.2 Å². The van der Waals surface area contributed by atoms with Gasteiger partial charge in [-0.2, -0.15) is 0 Å². The second-order valence-electron chi connectivity index (χ2n) is 6.25. The zero-order valence-corrected chi connectivity index (χ0v) is 17.3. The van der Waals surface area contributed by atoms with Crippen molar-refractivity contribution in [1.82, 2.24) is 4.57 Å². The van der Waals surface area contributed by atoms with E-state index in [0.717, 1.165) is 5.52 Å². The summed E-state index contributed by atoms with van der Waals surface area (Å²) in [7, 11) is 0. The third kappa shape index (κ3) is 4.24. The van der Waals surface area contributed by atoms with Gasteiger partial charge in [-0.15, -0.1) is 10.2 Å². The van der Waals surface area contributed by atoms with Crippen molar-refractivity contribution in [3.63, 3.8) is 0 Å². The van der Waals surface area contributed by atoms with Crippen molar-refractivity contribution >= 4 is 57.3 Å². The molecule has 146 valence electrons. The third-order valence-corrected chi connectivity index (χ3v) is 4.70. The fraction of sp³-hybridized carbons (Fsp3) is 0.211. The van der Waals surface area contributed by atoms with Gasteiger partial charge >= 0.3 is 5.91 Å². The Bertz CT molecular complexity index is 1080. The molecule has 0 radical (unpaired) electrons. The molecular weight excluding hydrogens is 425 g/mol. The van der Waals surface area contributed by atoms with Gasteiger partial charge in [0, 0.05) is 21.5 Å². The van der Waals surface area contributed by atoms with Crippen LogP contribution in [0, 0.1) is 0 Å². The van der Waals surface area contributed by atoms with Crippen molar-refractivity contribution in [2.75, 3.05) is 6.61 Å². The predicted octanol–water partition coefficient (Wildman–Crippen LogP) is 6.58. The highest BCUT2D eigenvalue weighted by Crippen LogP contribution is 2.41. The summed E-state index contributed by atoms with van der Waals surface area (Å²) in [6.45, 7) is 3.47. The number of carbonyl (C=O) groups is 1. The molecule has 1 heterocycles. The van der Waals surface area contributed by atoms with Crippen LogP contribution >= 0.6 is 34.8 Å². The highest BCUT2D eigenvalue weighted by Gasteiger charge is 2.19. The second-order valence-corrected chi connectivity index (χ2v) is 7.53. The normalized spacial score (nSPS) is 11.6. The summed E-state index contributed by atoms with van der Waals surface area (Å²) in [4.78, 5) is 12.1. The summed E-state index contributed by atoms with van der Waals surface area (Å²) >= 11 is 17.9. The summed E-state index contributed by atoms with van der Waals surface area (Å²) in [5.74, 6) is -0.427. The third-order valence-electron chi connectivity index (χ3n) is 3.94. The minimum atomic E-state index is -0.641. The average molecular weight is 441 g/mol. The topological polar surface area (TPSA) is 76.2 Å². The molecule has 1 N–H and O–H groups in total. The number of benzene rings is 2. The van der Waals surface area contributed by atoms with Crippen LogP contribution in [0.4, 0.5) is 5.69 Å². The number of azo groups is 1. The summed E-state index contributed by atoms with van der Waals surface area (Å²) in [5.41, 5.74) is 0.909.